The molecule has 2 fully saturated rings. The Hall–Kier alpha value is -1.75. The molecule has 3 rings (SSSR count). The maximum Gasteiger partial charge on any atom is 0.317 e. The molecule has 144 valence electrons. The number of hydrogen-bond acceptors (Lipinski definition) is 3. The van der Waals surface area contributed by atoms with Crippen LogP contribution in [0.2, 0.25) is 0 Å². The lowest BCUT2D eigenvalue weighted by Gasteiger charge is -2.41. The zero-order chi connectivity index (χ0) is 18.4. The number of amides is 2. The highest BCUT2D eigenvalue weighted by atomic mass is 16.2. The smallest absolute Gasteiger partial charge is 0.317 e. The van der Waals surface area contributed by atoms with E-state index in [0.29, 0.717) is 6.04 Å². The van der Waals surface area contributed by atoms with Crippen LogP contribution in [0.15, 0.2) is 24.3 Å². The van der Waals surface area contributed by atoms with Crippen molar-refractivity contribution in [3.8, 4) is 0 Å². The van der Waals surface area contributed by atoms with Gasteiger partial charge in [-0.15, -0.1) is 0 Å². The Bertz CT molecular complexity index is 585. The molecule has 2 heterocycles. The minimum Gasteiger partial charge on any atom is -0.365 e. The highest BCUT2D eigenvalue weighted by molar-refractivity contribution is 5.74. The second-order valence-corrected chi connectivity index (χ2v) is 7.82. The number of piperazine rings is 1. The summed E-state index contributed by atoms with van der Waals surface area (Å²) in [5.41, 5.74) is 2.54. The molecule has 1 aromatic rings. The minimum atomic E-state index is 0.0967. The monoisotopic (exact) mass is 358 g/mol. The van der Waals surface area contributed by atoms with E-state index in [-0.39, 0.29) is 6.03 Å². The standard InChI is InChI=1S/C21H34N4O/c1-18-8-6-9-20(16-18)25-15-14-24(17-19(25)2)21(26)22-10-7-13-23-11-4-3-5-12-23/h6,8-9,16,19H,3-5,7,10-15,17H2,1-2H3,(H,22,26). The highest BCUT2D eigenvalue weighted by Gasteiger charge is 2.26. The number of urea groups is 1. The Balaban J connectivity index is 1.39. The van der Waals surface area contributed by atoms with Crippen LogP contribution in [-0.2, 0) is 0 Å². The van der Waals surface area contributed by atoms with Crippen LogP contribution in [0.1, 0.15) is 38.2 Å². The lowest BCUT2D eigenvalue weighted by Crippen LogP contribution is -2.56. The Labute approximate surface area is 158 Å². The summed E-state index contributed by atoms with van der Waals surface area (Å²) in [5.74, 6) is 0. The maximum atomic E-state index is 12.5. The lowest BCUT2D eigenvalue weighted by molar-refractivity contribution is 0.184. The van der Waals surface area contributed by atoms with Crippen molar-refractivity contribution < 1.29 is 4.79 Å². The van der Waals surface area contributed by atoms with Crippen molar-refractivity contribution in [1.82, 2.24) is 15.1 Å². The van der Waals surface area contributed by atoms with Gasteiger partial charge < -0.3 is 20.0 Å². The molecular weight excluding hydrogens is 324 g/mol. The van der Waals surface area contributed by atoms with Crippen LogP contribution >= 0.6 is 0 Å². The number of carbonyl (C=O) groups is 1. The molecule has 0 aromatic heterocycles. The first-order valence-electron chi connectivity index (χ1n) is 10.2. The van der Waals surface area contributed by atoms with Crippen molar-refractivity contribution in [3.05, 3.63) is 29.8 Å². The van der Waals surface area contributed by atoms with Crippen molar-refractivity contribution in [3.63, 3.8) is 0 Å². The fourth-order valence-corrected chi connectivity index (χ4v) is 4.13. The largest absolute Gasteiger partial charge is 0.365 e. The number of hydrogen-bond donors (Lipinski definition) is 1. The van der Waals surface area contributed by atoms with E-state index in [1.54, 1.807) is 0 Å². The predicted molar refractivity (Wildman–Crippen MR) is 108 cm³/mol. The minimum absolute atomic E-state index is 0.0967. The summed E-state index contributed by atoms with van der Waals surface area (Å²) in [5, 5.41) is 3.12. The van der Waals surface area contributed by atoms with E-state index in [1.165, 1.54) is 43.6 Å². The maximum absolute atomic E-state index is 12.5. The van der Waals surface area contributed by atoms with Crippen molar-refractivity contribution >= 4 is 11.7 Å². The van der Waals surface area contributed by atoms with Gasteiger partial charge in [-0.2, -0.15) is 0 Å². The first-order chi connectivity index (χ1) is 12.6. The van der Waals surface area contributed by atoms with E-state index in [4.69, 9.17) is 0 Å². The SMILES string of the molecule is Cc1cccc(N2CCN(C(=O)NCCCN3CCCCC3)CC2C)c1. The lowest BCUT2D eigenvalue weighted by atomic mass is 10.1. The van der Waals surface area contributed by atoms with Gasteiger partial charge >= 0.3 is 6.03 Å². The average Bonchev–Trinajstić information content (AvgIpc) is 2.66. The molecule has 0 saturated carbocycles. The molecule has 26 heavy (non-hydrogen) atoms. The molecule has 0 spiro atoms. The number of piperidine rings is 1. The Kier molecular flexibility index (Phi) is 6.78. The molecule has 2 aliphatic rings. The van der Waals surface area contributed by atoms with Gasteiger partial charge in [0.05, 0.1) is 0 Å². The third-order valence-corrected chi connectivity index (χ3v) is 5.62. The molecule has 2 amide bonds. The van der Waals surface area contributed by atoms with Gasteiger partial charge in [0.25, 0.3) is 0 Å². The van der Waals surface area contributed by atoms with Gasteiger partial charge in [-0.3, -0.25) is 0 Å². The van der Waals surface area contributed by atoms with Crippen LogP contribution in [0.4, 0.5) is 10.5 Å². The zero-order valence-corrected chi connectivity index (χ0v) is 16.4. The topological polar surface area (TPSA) is 38.8 Å². The number of anilines is 1. The summed E-state index contributed by atoms with van der Waals surface area (Å²) in [6.45, 7) is 11.1. The number of carbonyl (C=O) groups excluding carboxylic acids is 1. The van der Waals surface area contributed by atoms with E-state index < -0.39 is 0 Å². The van der Waals surface area contributed by atoms with Crippen molar-refractivity contribution in [1.29, 1.82) is 0 Å². The molecule has 0 bridgehead atoms. The Morgan fingerprint density at radius 3 is 2.69 bits per heavy atom. The second-order valence-electron chi connectivity index (χ2n) is 7.82. The molecule has 1 atom stereocenters. The second kappa shape index (κ2) is 9.26. The third kappa shape index (κ3) is 5.13. The summed E-state index contributed by atoms with van der Waals surface area (Å²) in [4.78, 5) is 19.4. The molecular formula is C21H34N4O. The summed E-state index contributed by atoms with van der Waals surface area (Å²) in [7, 11) is 0. The normalized spacial score (nSPS) is 21.7. The van der Waals surface area contributed by atoms with Crippen molar-refractivity contribution in [2.45, 2.75) is 45.6 Å². The predicted octanol–water partition coefficient (Wildman–Crippen LogP) is 3.09. The molecule has 1 unspecified atom stereocenters. The molecule has 5 nitrogen and oxygen atoms in total. The molecule has 2 saturated heterocycles. The van der Waals surface area contributed by atoms with Gasteiger partial charge in [-0.1, -0.05) is 18.6 Å². The molecule has 2 aliphatic heterocycles. The number of aryl methyl sites for hydroxylation is 1. The first kappa shape index (κ1) is 19.0. The number of nitrogens with one attached hydrogen (secondary N) is 1. The average molecular weight is 359 g/mol. The number of nitrogens with zero attached hydrogens (tertiary/aromatic N) is 3. The van der Waals surface area contributed by atoms with Gasteiger partial charge in [-0.25, -0.2) is 4.79 Å². The molecule has 0 aliphatic carbocycles. The highest BCUT2D eigenvalue weighted by Crippen LogP contribution is 2.21. The Morgan fingerprint density at radius 2 is 1.96 bits per heavy atom. The van der Waals surface area contributed by atoms with Crippen molar-refractivity contribution in [2.24, 2.45) is 0 Å². The molecule has 1 aromatic carbocycles. The molecule has 5 heteroatoms. The fraction of sp³-hybridized carbons (Fsp3) is 0.667. The van der Waals surface area contributed by atoms with Gasteiger partial charge in [0.2, 0.25) is 0 Å². The van der Waals surface area contributed by atoms with Gasteiger partial charge in [0, 0.05) is 37.9 Å². The van der Waals surface area contributed by atoms with E-state index in [1.807, 2.05) is 4.90 Å². The van der Waals surface area contributed by atoms with Crippen LogP contribution in [0.3, 0.4) is 0 Å². The van der Waals surface area contributed by atoms with Crippen LogP contribution in [0, 0.1) is 6.92 Å². The molecule has 1 N–H and O–H groups in total. The van der Waals surface area contributed by atoms with Gasteiger partial charge in [0.15, 0.2) is 0 Å². The van der Waals surface area contributed by atoms with Crippen LogP contribution in [-0.4, -0.2) is 67.7 Å². The summed E-state index contributed by atoms with van der Waals surface area (Å²) >= 11 is 0. The van der Waals surface area contributed by atoms with Crippen LogP contribution < -0.4 is 10.2 Å². The first-order valence-corrected chi connectivity index (χ1v) is 10.2. The molecule has 0 radical (unpaired) electrons. The number of rotatable bonds is 5. The number of likely N-dealkylation sites (tertiary alicyclic amines) is 1. The zero-order valence-electron chi connectivity index (χ0n) is 16.4. The summed E-state index contributed by atoms with van der Waals surface area (Å²) < 4.78 is 0. The van der Waals surface area contributed by atoms with E-state index >= 15 is 0 Å². The van der Waals surface area contributed by atoms with Crippen LogP contribution in [0.5, 0.6) is 0 Å². The third-order valence-electron chi connectivity index (χ3n) is 5.62. The van der Waals surface area contributed by atoms with E-state index in [9.17, 15) is 4.79 Å². The van der Waals surface area contributed by atoms with Crippen molar-refractivity contribution in [2.75, 3.05) is 50.7 Å². The van der Waals surface area contributed by atoms with E-state index in [0.717, 1.165) is 39.1 Å². The van der Waals surface area contributed by atoms with Gasteiger partial charge in [0.1, 0.15) is 0 Å². The summed E-state index contributed by atoms with van der Waals surface area (Å²) in [6, 6.07) is 9.07. The van der Waals surface area contributed by atoms with Gasteiger partial charge in [-0.05, 0) is 70.4 Å². The fourth-order valence-electron chi connectivity index (χ4n) is 4.13. The quantitative estimate of drug-likeness (QED) is 0.822. The number of benzene rings is 1. The van der Waals surface area contributed by atoms with Crippen LogP contribution in [0.25, 0.3) is 0 Å². The Morgan fingerprint density at radius 1 is 1.15 bits per heavy atom. The van der Waals surface area contributed by atoms with E-state index in [2.05, 4.69) is 53.2 Å². The summed E-state index contributed by atoms with van der Waals surface area (Å²) in [6.07, 6.45) is 5.08.